The fourth-order valence-corrected chi connectivity index (χ4v) is 1.67. The molecule has 0 aliphatic heterocycles. The van der Waals surface area contributed by atoms with Gasteiger partial charge >= 0.3 is 0 Å². The Labute approximate surface area is 104 Å². The molecule has 2 rings (SSSR count). The molecule has 0 saturated carbocycles. The minimum absolute atomic E-state index is 0.0251. The van der Waals surface area contributed by atoms with Crippen LogP contribution in [0.1, 0.15) is 11.4 Å². The Balaban J connectivity index is 2.01. The Hall–Kier alpha value is -1.34. The van der Waals surface area contributed by atoms with Gasteiger partial charge in [-0.25, -0.2) is 8.78 Å². The summed E-state index contributed by atoms with van der Waals surface area (Å²) >= 11 is 3.00. The zero-order valence-electron chi connectivity index (χ0n) is 8.58. The highest BCUT2D eigenvalue weighted by molar-refractivity contribution is 9.10. The summed E-state index contributed by atoms with van der Waals surface area (Å²) < 4.78 is 31.7. The number of nitrogens with zero attached hydrogens (tertiary/aromatic N) is 2. The predicted octanol–water partition coefficient (Wildman–Crippen LogP) is 2.40. The lowest BCUT2D eigenvalue weighted by molar-refractivity contribution is 0.406. The largest absolute Gasteiger partial charge is 0.343 e. The Morgan fingerprint density at radius 1 is 1.29 bits per heavy atom. The number of nitrogens with one attached hydrogen (secondary N) is 1. The van der Waals surface area contributed by atoms with Crippen LogP contribution in [0.3, 0.4) is 0 Å². The van der Waals surface area contributed by atoms with E-state index in [0.717, 1.165) is 0 Å². The summed E-state index contributed by atoms with van der Waals surface area (Å²) in [4.78, 5) is 3.77. The van der Waals surface area contributed by atoms with E-state index < -0.39 is 11.6 Å². The molecular formula is C10H8BrF2N3O. The maximum atomic E-state index is 13.6. The number of hydrogen-bond donors (Lipinski definition) is 1. The molecule has 0 fully saturated rings. The standard InChI is InChI=1S/C10H8BrF2N3O/c11-7-1-2-8(12)6(10(7)13)3-14-4-9-15-5-17-16-9/h1-2,5,14H,3-4H2. The lowest BCUT2D eigenvalue weighted by Crippen LogP contribution is -2.16. The van der Waals surface area contributed by atoms with Gasteiger partial charge in [-0.15, -0.1) is 0 Å². The third kappa shape index (κ3) is 2.86. The van der Waals surface area contributed by atoms with Gasteiger partial charge < -0.3 is 9.84 Å². The molecule has 0 bridgehead atoms. The summed E-state index contributed by atoms with van der Waals surface area (Å²) in [7, 11) is 0. The summed E-state index contributed by atoms with van der Waals surface area (Å²) in [6, 6.07) is 2.53. The van der Waals surface area contributed by atoms with Gasteiger partial charge in [-0.1, -0.05) is 5.16 Å². The van der Waals surface area contributed by atoms with Gasteiger partial charge in [0.25, 0.3) is 0 Å². The number of benzene rings is 1. The molecule has 2 aromatic rings. The summed E-state index contributed by atoms with van der Waals surface area (Å²) in [5, 5.41) is 6.39. The quantitative estimate of drug-likeness (QED) is 0.881. The molecule has 4 nitrogen and oxygen atoms in total. The van der Waals surface area contributed by atoms with Crippen LogP contribution in [-0.2, 0) is 13.1 Å². The van der Waals surface area contributed by atoms with Gasteiger partial charge in [-0.3, -0.25) is 0 Å². The summed E-state index contributed by atoms with van der Waals surface area (Å²) in [6.45, 7) is 0.327. The van der Waals surface area contributed by atoms with E-state index in [0.29, 0.717) is 5.82 Å². The van der Waals surface area contributed by atoms with Gasteiger partial charge in [0, 0.05) is 12.1 Å². The van der Waals surface area contributed by atoms with E-state index in [-0.39, 0.29) is 23.1 Å². The SMILES string of the molecule is Fc1ccc(Br)c(F)c1CNCc1ncon1. The van der Waals surface area contributed by atoms with Gasteiger partial charge in [0.15, 0.2) is 5.82 Å². The lowest BCUT2D eigenvalue weighted by Gasteiger charge is -2.06. The van der Waals surface area contributed by atoms with E-state index in [1.165, 1.54) is 18.5 Å². The van der Waals surface area contributed by atoms with Crippen molar-refractivity contribution in [3.63, 3.8) is 0 Å². The molecule has 0 radical (unpaired) electrons. The zero-order chi connectivity index (χ0) is 12.3. The first-order valence-corrected chi connectivity index (χ1v) is 5.56. The van der Waals surface area contributed by atoms with E-state index in [2.05, 4.69) is 35.9 Å². The summed E-state index contributed by atoms with van der Waals surface area (Å²) in [5.41, 5.74) is -0.0251. The van der Waals surface area contributed by atoms with Crippen LogP contribution < -0.4 is 5.32 Å². The molecule has 1 N–H and O–H groups in total. The second kappa shape index (κ2) is 5.33. The third-order valence-electron chi connectivity index (χ3n) is 2.13. The molecule has 17 heavy (non-hydrogen) atoms. The third-order valence-corrected chi connectivity index (χ3v) is 2.74. The number of hydrogen-bond acceptors (Lipinski definition) is 4. The molecule has 0 saturated heterocycles. The first-order chi connectivity index (χ1) is 8.18. The molecule has 0 atom stereocenters. The van der Waals surface area contributed by atoms with E-state index in [1.54, 1.807) is 0 Å². The fourth-order valence-electron chi connectivity index (χ4n) is 1.30. The highest BCUT2D eigenvalue weighted by atomic mass is 79.9. The fraction of sp³-hybridized carbons (Fsp3) is 0.200. The monoisotopic (exact) mass is 303 g/mol. The normalized spacial score (nSPS) is 10.8. The Kier molecular flexibility index (Phi) is 3.80. The Morgan fingerprint density at radius 3 is 2.82 bits per heavy atom. The van der Waals surface area contributed by atoms with Crippen LogP contribution in [0.5, 0.6) is 0 Å². The van der Waals surface area contributed by atoms with Crippen molar-refractivity contribution in [3.8, 4) is 0 Å². The van der Waals surface area contributed by atoms with Gasteiger partial charge in [-0.05, 0) is 28.1 Å². The number of aromatic nitrogens is 2. The van der Waals surface area contributed by atoms with Crippen LogP contribution in [-0.4, -0.2) is 10.1 Å². The van der Waals surface area contributed by atoms with Crippen molar-refractivity contribution in [2.24, 2.45) is 0 Å². The van der Waals surface area contributed by atoms with E-state index >= 15 is 0 Å². The minimum atomic E-state index is -0.606. The van der Waals surface area contributed by atoms with Gasteiger partial charge in [0.1, 0.15) is 11.6 Å². The van der Waals surface area contributed by atoms with Crippen molar-refractivity contribution in [2.75, 3.05) is 0 Å². The summed E-state index contributed by atoms with van der Waals surface area (Å²) in [5.74, 6) is -0.766. The van der Waals surface area contributed by atoms with Crippen LogP contribution >= 0.6 is 15.9 Å². The van der Waals surface area contributed by atoms with Crippen LogP contribution in [0.2, 0.25) is 0 Å². The van der Waals surface area contributed by atoms with Crippen LogP contribution in [0, 0.1) is 11.6 Å². The maximum Gasteiger partial charge on any atom is 0.213 e. The molecule has 0 spiro atoms. The molecule has 0 aliphatic rings. The van der Waals surface area contributed by atoms with Gasteiger partial charge in [0.05, 0.1) is 11.0 Å². The molecule has 1 aromatic carbocycles. The molecule has 0 amide bonds. The maximum absolute atomic E-state index is 13.6. The molecule has 1 heterocycles. The smallest absolute Gasteiger partial charge is 0.213 e. The minimum Gasteiger partial charge on any atom is -0.343 e. The van der Waals surface area contributed by atoms with Crippen molar-refractivity contribution in [3.05, 3.63) is 46.0 Å². The van der Waals surface area contributed by atoms with Crippen molar-refractivity contribution >= 4 is 15.9 Å². The van der Waals surface area contributed by atoms with Gasteiger partial charge in [0.2, 0.25) is 6.39 Å². The lowest BCUT2D eigenvalue weighted by atomic mass is 10.2. The Morgan fingerprint density at radius 2 is 2.12 bits per heavy atom. The number of halogens is 3. The molecule has 0 unspecified atom stereocenters. The van der Waals surface area contributed by atoms with E-state index in [9.17, 15) is 8.78 Å². The molecule has 7 heteroatoms. The number of rotatable bonds is 4. The zero-order valence-corrected chi connectivity index (χ0v) is 10.2. The molecule has 90 valence electrons. The average molecular weight is 304 g/mol. The van der Waals surface area contributed by atoms with Crippen LogP contribution in [0.15, 0.2) is 27.5 Å². The van der Waals surface area contributed by atoms with Crippen LogP contribution in [0.4, 0.5) is 8.78 Å². The first-order valence-electron chi connectivity index (χ1n) is 4.77. The van der Waals surface area contributed by atoms with E-state index in [4.69, 9.17) is 0 Å². The topological polar surface area (TPSA) is 51.0 Å². The van der Waals surface area contributed by atoms with Crippen molar-refractivity contribution in [2.45, 2.75) is 13.1 Å². The van der Waals surface area contributed by atoms with Crippen molar-refractivity contribution < 1.29 is 13.3 Å². The van der Waals surface area contributed by atoms with Crippen LogP contribution in [0.25, 0.3) is 0 Å². The highest BCUT2D eigenvalue weighted by Crippen LogP contribution is 2.21. The van der Waals surface area contributed by atoms with Gasteiger partial charge in [-0.2, -0.15) is 4.98 Å². The molecular weight excluding hydrogens is 296 g/mol. The highest BCUT2D eigenvalue weighted by Gasteiger charge is 2.11. The second-order valence-electron chi connectivity index (χ2n) is 3.27. The Bertz CT molecular complexity index is 505. The molecule has 1 aromatic heterocycles. The van der Waals surface area contributed by atoms with E-state index in [1.807, 2.05) is 0 Å². The van der Waals surface area contributed by atoms with Crippen molar-refractivity contribution in [1.82, 2.24) is 15.5 Å². The average Bonchev–Trinajstić information content (AvgIpc) is 2.81. The molecule has 0 aliphatic carbocycles. The predicted molar refractivity (Wildman–Crippen MR) is 58.9 cm³/mol. The van der Waals surface area contributed by atoms with Crippen molar-refractivity contribution in [1.29, 1.82) is 0 Å². The second-order valence-corrected chi connectivity index (χ2v) is 4.13. The first kappa shape index (κ1) is 12.1. The summed E-state index contributed by atoms with van der Waals surface area (Å²) in [6.07, 6.45) is 1.19.